The van der Waals surface area contributed by atoms with E-state index in [0.717, 1.165) is 0 Å². The van der Waals surface area contributed by atoms with E-state index in [4.69, 9.17) is 0 Å². The van der Waals surface area contributed by atoms with Crippen LogP contribution in [0.5, 0.6) is 0 Å². The van der Waals surface area contributed by atoms with Gasteiger partial charge in [0.05, 0.1) is 27.6 Å². The lowest BCUT2D eigenvalue weighted by atomic mass is 10.3. The van der Waals surface area contributed by atoms with E-state index < -0.39 is 15.8 Å². The second-order valence-corrected chi connectivity index (χ2v) is 5.42. The van der Waals surface area contributed by atoms with Crippen LogP contribution < -0.4 is 16.3 Å². The summed E-state index contributed by atoms with van der Waals surface area (Å²) in [4.78, 5) is 32.3. The number of hydrazone groups is 1. The van der Waals surface area contributed by atoms with E-state index in [2.05, 4.69) is 21.4 Å². The molecule has 2 aromatic rings. The van der Waals surface area contributed by atoms with E-state index in [1.807, 2.05) is 0 Å². The molecule has 0 saturated carbocycles. The molecule has 0 aromatic heterocycles. The summed E-state index contributed by atoms with van der Waals surface area (Å²) in [5.74, 6) is -0.413. The van der Waals surface area contributed by atoms with Crippen LogP contribution in [0.1, 0.15) is 13.3 Å². The Bertz CT molecular complexity index is 898. The summed E-state index contributed by atoms with van der Waals surface area (Å²) in [7, 11) is 0. The maximum absolute atomic E-state index is 11.9. The smallest absolute Gasteiger partial charge is 0.271 e. The van der Waals surface area contributed by atoms with Crippen molar-refractivity contribution in [3.8, 4) is 0 Å². The number of carbonyl (C=O) groups excluding carboxylic acids is 1. The molecular formula is C16H16N6O5. The quantitative estimate of drug-likeness (QED) is 0.366. The van der Waals surface area contributed by atoms with E-state index in [9.17, 15) is 25.0 Å². The monoisotopic (exact) mass is 372 g/mol. The van der Waals surface area contributed by atoms with Crippen molar-refractivity contribution in [2.45, 2.75) is 13.3 Å². The number of amides is 1. The lowest BCUT2D eigenvalue weighted by Gasteiger charge is -2.08. The van der Waals surface area contributed by atoms with Crippen molar-refractivity contribution in [1.82, 2.24) is 5.43 Å². The molecule has 0 bridgehead atoms. The molecular weight excluding hydrogens is 356 g/mol. The molecule has 0 aliphatic heterocycles. The van der Waals surface area contributed by atoms with Gasteiger partial charge >= 0.3 is 0 Å². The number of anilines is 2. The summed E-state index contributed by atoms with van der Waals surface area (Å²) in [5.41, 5.74) is 8.67. The molecule has 11 heteroatoms. The lowest BCUT2D eigenvalue weighted by Crippen LogP contribution is -2.30. The Balaban J connectivity index is 1.87. The lowest BCUT2D eigenvalue weighted by molar-refractivity contribution is -0.385. The van der Waals surface area contributed by atoms with Gasteiger partial charge in [-0.2, -0.15) is 5.10 Å². The van der Waals surface area contributed by atoms with Crippen molar-refractivity contribution in [1.29, 1.82) is 0 Å². The molecule has 0 fully saturated rings. The van der Waals surface area contributed by atoms with Gasteiger partial charge in [0, 0.05) is 30.0 Å². The predicted molar refractivity (Wildman–Crippen MR) is 99.3 cm³/mol. The largest absolute Gasteiger partial charge is 0.298 e. The standard InChI is InChI=1S/C16H16N6O5/c1-11(17-18-12-4-2-6-14(9-12)21(24)25)8-16(23)20-19-13-5-3-7-15(10-13)22(26)27/h2-7,9-10,18-19H,8H2,1H3,(H,20,23)/b17-11-. The van der Waals surface area contributed by atoms with Crippen LogP contribution in [-0.2, 0) is 4.79 Å². The van der Waals surface area contributed by atoms with E-state index in [0.29, 0.717) is 17.1 Å². The van der Waals surface area contributed by atoms with Crippen LogP contribution in [-0.4, -0.2) is 21.5 Å². The van der Waals surface area contributed by atoms with Crippen molar-refractivity contribution in [2.75, 3.05) is 10.9 Å². The van der Waals surface area contributed by atoms with Gasteiger partial charge in [-0.1, -0.05) is 12.1 Å². The van der Waals surface area contributed by atoms with Crippen LogP contribution in [0.15, 0.2) is 53.6 Å². The first kappa shape index (κ1) is 19.3. The molecule has 2 aromatic carbocycles. The number of nitro groups is 2. The maximum Gasteiger partial charge on any atom is 0.271 e. The first-order valence-corrected chi connectivity index (χ1v) is 7.68. The SMILES string of the molecule is C/C(CC(=O)NNc1cccc([N+](=O)[O-])c1)=N/Nc1cccc([N+](=O)[O-])c1. The van der Waals surface area contributed by atoms with E-state index in [1.54, 1.807) is 19.1 Å². The number of nitrogens with one attached hydrogen (secondary N) is 3. The third-order valence-electron chi connectivity index (χ3n) is 3.25. The molecule has 11 nitrogen and oxygen atoms in total. The molecule has 0 saturated heterocycles. The van der Waals surface area contributed by atoms with Crippen molar-refractivity contribution in [3.05, 3.63) is 68.8 Å². The minimum absolute atomic E-state index is 0.0517. The van der Waals surface area contributed by atoms with Gasteiger partial charge < -0.3 is 0 Å². The fraction of sp³-hybridized carbons (Fsp3) is 0.125. The minimum Gasteiger partial charge on any atom is -0.298 e. The highest BCUT2D eigenvalue weighted by atomic mass is 16.6. The van der Waals surface area contributed by atoms with Crippen LogP contribution in [0.3, 0.4) is 0 Å². The Labute approximate surface area is 153 Å². The summed E-state index contributed by atoms with van der Waals surface area (Å²) < 4.78 is 0. The van der Waals surface area contributed by atoms with E-state index in [-0.39, 0.29) is 17.8 Å². The molecule has 0 atom stereocenters. The van der Waals surface area contributed by atoms with Crippen molar-refractivity contribution < 1.29 is 14.6 Å². The highest BCUT2D eigenvalue weighted by molar-refractivity contribution is 6.00. The second kappa shape index (κ2) is 8.89. The molecule has 0 aliphatic carbocycles. The Morgan fingerprint density at radius 1 is 1.00 bits per heavy atom. The number of hydrogen-bond acceptors (Lipinski definition) is 8. The zero-order valence-corrected chi connectivity index (χ0v) is 14.2. The molecule has 3 N–H and O–H groups in total. The summed E-state index contributed by atoms with van der Waals surface area (Å²) in [5, 5.41) is 25.4. The first-order valence-electron chi connectivity index (χ1n) is 7.68. The maximum atomic E-state index is 11.9. The number of hydrazine groups is 1. The molecule has 2 rings (SSSR count). The van der Waals surface area contributed by atoms with Gasteiger partial charge in [0.2, 0.25) is 5.91 Å². The third kappa shape index (κ3) is 6.08. The van der Waals surface area contributed by atoms with Crippen molar-refractivity contribution in [3.63, 3.8) is 0 Å². The Morgan fingerprint density at radius 3 is 2.15 bits per heavy atom. The number of nitro benzene ring substituents is 2. The Hall–Kier alpha value is -4.02. The number of benzene rings is 2. The van der Waals surface area contributed by atoms with Crippen LogP contribution in [0.4, 0.5) is 22.7 Å². The summed E-state index contributed by atoms with van der Waals surface area (Å²) in [6, 6.07) is 11.5. The molecule has 27 heavy (non-hydrogen) atoms. The number of hydrogen-bond donors (Lipinski definition) is 3. The summed E-state index contributed by atoms with van der Waals surface area (Å²) >= 11 is 0. The molecule has 0 unspecified atom stereocenters. The topological polar surface area (TPSA) is 152 Å². The van der Waals surface area contributed by atoms with Crippen molar-refractivity contribution in [2.24, 2.45) is 5.10 Å². The number of non-ortho nitro benzene ring substituents is 2. The van der Waals surface area contributed by atoms with Crippen LogP contribution in [0.2, 0.25) is 0 Å². The Morgan fingerprint density at radius 2 is 1.56 bits per heavy atom. The molecule has 0 heterocycles. The predicted octanol–water partition coefficient (Wildman–Crippen LogP) is 2.82. The fourth-order valence-electron chi connectivity index (χ4n) is 2.00. The van der Waals surface area contributed by atoms with Crippen LogP contribution in [0.25, 0.3) is 0 Å². The molecule has 0 aliphatic rings. The molecule has 0 spiro atoms. The van der Waals surface area contributed by atoms with E-state index >= 15 is 0 Å². The van der Waals surface area contributed by atoms with Crippen LogP contribution >= 0.6 is 0 Å². The van der Waals surface area contributed by atoms with Gasteiger partial charge in [0.25, 0.3) is 11.4 Å². The van der Waals surface area contributed by atoms with Crippen LogP contribution in [0, 0.1) is 20.2 Å². The molecule has 0 radical (unpaired) electrons. The summed E-state index contributed by atoms with van der Waals surface area (Å²) in [6.07, 6.45) is -0.0517. The van der Waals surface area contributed by atoms with Gasteiger partial charge in [-0.05, 0) is 19.1 Å². The molecule has 1 amide bonds. The zero-order chi connectivity index (χ0) is 19.8. The third-order valence-corrected chi connectivity index (χ3v) is 3.25. The van der Waals surface area contributed by atoms with Crippen molar-refractivity contribution >= 4 is 34.4 Å². The molecule has 140 valence electrons. The van der Waals surface area contributed by atoms with Gasteiger partial charge in [0.15, 0.2) is 0 Å². The average Bonchev–Trinajstić information content (AvgIpc) is 2.65. The summed E-state index contributed by atoms with van der Waals surface area (Å²) in [6.45, 7) is 1.61. The normalized spacial score (nSPS) is 10.8. The average molecular weight is 372 g/mol. The van der Waals surface area contributed by atoms with Gasteiger partial charge in [0.1, 0.15) is 0 Å². The highest BCUT2D eigenvalue weighted by Crippen LogP contribution is 2.17. The number of carbonyl (C=O) groups is 1. The van der Waals surface area contributed by atoms with Gasteiger partial charge in [-0.3, -0.25) is 41.3 Å². The van der Waals surface area contributed by atoms with E-state index in [1.165, 1.54) is 36.4 Å². The number of nitrogens with zero attached hydrogens (tertiary/aromatic N) is 3. The Kier molecular flexibility index (Phi) is 6.36. The number of rotatable bonds is 8. The van der Waals surface area contributed by atoms with Gasteiger partial charge in [-0.25, -0.2) is 0 Å². The minimum atomic E-state index is -0.538. The fourth-order valence-corrected chi connectivity index (χ4v) is 2.00. The highest BCUT2D eigenvalue weighted by Gasteiger charge is 2.08. The second-order valence-electron chi connectivity index (χ2n) is 5.42. The first-order chi connectivity index (χ1) is 12.8. The van der Waals surface area contributed by atoms with Gasteiger partial charge in [-0.15, -0.1) is 0 Å². The zero-order valence-electron chi connectivity index (χ0n) is 14.2.